The Hall–Kier alpha value is -0.785. The van der Waals surface area contributed by atoms with Crippen molar-refractivity contribution in [2.75, 3.05) is 5.73 Å². The molecular formula is C6H4BIN2O2. The zero-order valence-electron chi connectivity index (χ0n) is 5.95. The first-order valence-corrected chi connectivity index (χ1v) is 4.09. The molecule has 0 amide bonds. The topological polar surface area (TPSA) is 69.2 Å². The molecule has 0 aliphatic rings. The molecule has 1 aromatic carbocycles. The molecule has 0 atom stereocenters. The highest BCUT2D eigenvalue weighted by Gasteiger charge is 2.13. The summed E-state index contributed by atoms with van der Waals surface area (Å²) in [6, 6.07) is 2.83. The molecule has 0 saturated carbocycles. The van der Waals surface area contributed by atoms with Crippen molar-refractivity contribution in [3.8, 4) is 0 Å². The van der Waals surface area contributed by atoms with Crippen molar-refractivity contribution in [1.82, 2.24) is 0 Å². The van der Waals surface area contributed by atoms with Gasteiger partial charge in [0, 0.05) is 9.64 Å². The average molecular weight is 274 g/mol. The molecule has 4 nitrogen and oxygen atoms in total. The maximum absolute atomic E-state index is 10.4. The summed E-state index contributed by atoms with van der Waals surface area (Å²) in [5.41, 5.74) is 5.82. The Morgan fingerprint density at radius 1 is 1.58 bits per heavy atom. The van der Waals surface area contributed by atoms with E-state index in [1.165, 1.54) is 6.07 Å². The number of anilines is 1. The van der Waals surface area contributed by atoms with Crippen molar-refractivity contribution in [3.05, 3.63) is 25.8 Å². The van der Waals surface area contributed by atoms with Crippen molar-refractivity contribution < 1.29 is 4.92 Å². The van der Waals surface area contributed by atoms with E-state index in [1.807, 2.05) is 22.6 Å². The van der Waals surface area contributed by atoms with Crippen molar-refractivity contribution in [1.29, 1.82) is 0 Å². The molecule has 0 aliphatic carbocycles. The van der Waals surface area contributed by atoms with Crippen LogP contribution in [0.3, 0.4) is 0 Å². The van der Waals surface area contributed by atoms with E-state index < -0.39 is 4.92 Å². The van der Waals surface area contributed by atoms with Gasteiger partial charge in [-0.1, -0.05) is 11.5 Å². The summed E-state index contributed by atoms with van der Waals surface area (Å²) in [7, 11) is 5.40. The predicted octanol–water partition coefficient (Wildman–Crippen LogP) is 0.575. The molecular weight excluding hydrogens is 270 g/mol. The van der Waals surface area contributed by atoms with E-state index in [0.717, 1.165) is 0 Å². The number of nitrogen functional groups attached to an aromatic ring is 1. The van der Waals surface area contributed by atoms with Crippen molar-refractivity contribution >= 4 is 47.3 Å². The van der Waals surface area contributed by atoms with E-state index in [-0.39, 0.29) is 11.4 Å². The van der Waals surface area contributed by atoms with E-state index in [9.17, 15) is 10.1 Å². The summed E-state index contributed by atoms with van der Waals surface area (Å²) < 4.78 is 0.597. The van der Waals surface area contributed by atoms with Gasteiger partial charge in [0.2, 0.25) is 0 Å². The second-order valence-corrected chi connectivity index (χ2v) is 3.35. The number of hydrogen-bond acceptors (Lipinski definition) is 3. The molecule has 2 radical (unpaired) electrons. The molecule has 0 aliphatic heterocycles. The molecule has 6 heteroatoms. The van der Waals surface area contributed by atoms with Gasteiger partial charge in [0.25, 0.3) is 5.69 Å². The first-order chi connectivity index (χ1) is 5.52. The van der Waals surface area contributed by atoms with Crippen LogP contribution >= 0.6 is 22.6 Å². The van der Waals surface area contributed by atoms with Gasteiger partial charge in [-0.3, -0.25) is 10.1 Å². The van der Waals surface area contributed by atoms with Gasteiger partial charge in [-0.2, -0.15) is 0 Å². The summed E-state index contributed by atoms with van der Waals surface area (Å²) in [5, 5.41) is 10.4. The molecule has 0 fully saturated rings. The minimum Gasteiger partial charge on any atom is -0.392 e. The number of nitro groups is 1. The zero-order valence-corrected chi connectivity index (χ0v) is 8.11. The highest BCUT2D eigenvalue weighted by Crippen LogP contribution is 2.24. The largest absolute Gasteiger partial charge is 0.392 e. The Balaban J connectivity index is 3.37. The van der Waals surface area contributed by atoms with E-state index in [2.05, 4.69) is 0 Å². The van der Waals surface area contributed by atoms with Gasteiger partial charge in [-0.05, 0) is 22.6 Å². The maximum Gasteiger partial charge on any atom is 0.292 e. The molecule has 0 spiro atoms. The van der Waals surface area contributed by atoms with Crippen molar-refractivity contribution in [2.45, 2.75) is 0 Å². The second-order valence-electron chi connectivity index (χ2n) is 2.19. The first kappa shape index (κ1) is 9.30. The van der Waals surface area contributed by atoms with Gasteiger partial charge in [-0.25, -0.2) is 0 Å². The van der Waals surface area contributed by atoms with Gasteiger partial charge < -0.3 is 5.73 Å². The lowest BCUT2D eigenvalue weighted by atomic mass is 9.95. The van der Waals surface area contributed by atoms with Crippen LogP contribution in [0.5, 0.6) is 0 Å². The maximum atomic E-state index is 10.4. The van der Waals surface area contributed by atoms with Crippen LogP contribution < -0.4 is 11.2 Å². The SMILES string of the molecule is [B]c1cc(I)c(N)c([N+](=O)[O-])c1. The number of rotatable bonds is 1. The lowest BCUT2D eigenvalue weighted by molar-refractivity contribution is -0.383. The first-order valence-electron chi connectivity index (χ1n) is 3.01. The monoisotopic (exact) mass is 274 g/mol. The average Bonchev–Trinajstić information content (AvgIpc) is 1.96. The Morgan fingerprint density at radius 3 is 2.67 bits per heavy atom. The highest BCUT2D eigenvalue weighted by atomic mass is 127. The van der Waals surface area contributed by atoms with Gasteiger partial charge in [-0.15, -0.1) is 0 Å². The Morgan fingerprint density at radius 2 is 2.17 bits per heavy atom. The summed E-state index contributed by atoms with van der Waals surface area (Å²) >= 11 is 1.90. The lowest BCUT2D eigenvalue weighted by Gasteiger charge is -2.01. The summed E-state index contributed by atoms with van der Waals surface area (Å²) in [6.45, 7) is 0. The summed E-state index contributed by atoms with van der Waals surface area (Å²) in [5.74, 6) is 0. The van der Waals surface area contributed by atoms with Gasteiger partial charge in [0.1, 0.15) is 13.5 Å². The van der Waals surface area contributed by atoms with Crippen LogP contribution in [-0.2, 0) is 0 Å². The number of nitrogens with two attached hydrogens (primary N) is 1. The molecule has 0 unspecified atom stereocenters. The number of halogens is 1. The number of benzene rings is 1. The Bertz CT molecular complexity index is 343. The van der Waals surface area contributed by atoms with Crippen LogP contribution in [0.4, 0.5) is 11.4 Å². The minimum absolute atomic E-state index is 0.139. The number of nitro benzene ring substituents is 1. The fourth-order valence-electron chi connectivity index (χ4n) is 0.775. The molecule has 2 N–H and O–H groups in total. The van der Waals surface area contributed by atoms with Crippen LogP contribution in [0.2, 0.25) is 0 Å². The van der Waals surface area contributed by atoms with Crippen LogP contribution in [0.1, 0.15) is 0 Å². The van der Waals surface area contributed by atoms with E-state index >= 15 is 0 Å². The quantitative estimate of drug-likeness (QED) is 0.267. The van der Waals surface area contributed by atoms with Gasteiger partial charge in [0.05, 0.1) is 4.92 Å². The number of hydrogen-bond donors (Lipinski definition) is 1. The van der Waals surface area contributed by atoms with E-state index in [0.29, 0.717) is 9.03 Å². The summed E-state index contributed by atoms with van der Waals surface area (Å²) in [6.07, 6.45) is 0. The third-order valence-electron chi connectivity index (χ3n) is 1.33. The van der Waals surface area contributed by atoms with Crippen LogP contribution in [0.25, 0.3) is 0 Å². The molecule has 0 heterocycles. The number of nitrogens with zero attached hydrogens (tertiary/aromatic N) is 1. The van der Waals surface area contributed by atoms with Crippen LogP contribution in [0, 0.1) is 13.7 Å². The third-order valence-corrected chi connectivity index (χ3v) is 2.22. The highest BCUT2D eigenvalue weighted by molar-refractivity contribution is 14.1. The molecule has 0 bridgehead atoms. The normalized spacial score (nSPS) is 9.75. The van der Waals surface area contributed by atoms with Crippen molar-refractivity contribution in [3.63, 3.8) is 0 Å². The lowest BCUT2D eigenvalue weighted by Crippen LogP contribution is -2.08. The van der Waals surface area contributed by atoms with Crippen molar-refractivity contribution in [2.24, 2.45) is 0 Å². The standard InChI is InChI=1S/C6H4BIN2O2/c7-3-1-4(8)6(9)5(2-3)10(11)12/h1-2H,9H2. The Kier molecular flexibility index (Phi) is 2.56. The smallest absolute Gasteiger partial charge is 0.292 e. The molecule has 0 aromatic heterocycles. The predicted molar refractivity (Wildman–Crippen MR) is 55.6 cm³/mol. The molecule has 60 valence electrons. The van der Waals surface area contributed by atoms with E-state index in [4.69, 9.17) is 13.6 Å². The zero-order chi connectivity index (χ0) is 9.30. The summed E-state index contributed by atoms with van der Waals surface area (Å²) in [4.78, 5) is 9.85. The Labute approximate surface area is 83.8 Å². The fraction of sp³-hybridized carbons (Fsp3) is 0. The molecule has 12 heavy (non-hydrogen) atoms. The molecule has 0 saturated heterocycles. The third kappa shape index (κ3) is 1.68. The fourth-order valence-corrected chi connectivity index (χ4v) is 1.41. The van der Waals surface area contributed by atoms with Crippen LogP contribution in [-0.4, -0.2) is 12.8 Å². The van der Waals surface area contributed by atoms with Gasteiger partial charge >= 0.3 is 0 Å². The molecule has 1 rings (SSSR count). The minimum atomic E-state index is -0.548. The van der Waals surface area contributed by atoms with Gasteiger partial charge in [0.15, 0.2) is 0 Å². The second kappa shape index (κ2) is 3.30. The van der Waals surface area contributed by atoms with E-state index in [1.54, 1.807) is 6.07 Å². The molecule has 1 aromatic rings. The van der Waals surface area contributed by atoms with Crippen LogP contribution in [0.15, 0.2) is 12.1 Å².